The highest BCUT2D eigenvalue weighted by Gasteiger charge is 2.22. The van der Waals surface area contributed by atoms with Gasteiger partial charge >= 0.3 is 5.97 Å². The number of amides is 1. The Bertz CT molecular complexity index is 1090. The molecule has 0 aliphatic heterocycles. The normalized spacial score (nSPS) is 11.0. The summed E-state index contributed by atoms with van der Waals surface area (Å²) >= 11 is 6.79. The fourth-order valence-corrected chi connectivity index (χ4v) is 3.68. The number of hydrogen-bond acceptors (Lipinski definition) is 6. The second-order valence-corrected chi connectivity index (χ2v) is 6.80. The number of nitrogens with zero attached hydrogens (tertiary/aromatic N) is 3. The fourth-order valence-electron chi connectivity index (χ4n) is 2.35. The lowest BCUT2D eigenvalue weighted by Gasteiger charge is -2.11. The van der Waals surface area contributed by atoms with Crippen molar-refractivity contribution in [2.45, 2.75) is 10.8 Å². The van der Waals surface area contributed by atoms with Gasteiger partial charge in [0, 0.05) is 17.4 Å². The van der Waals surface area contributed by atoms with Crippen LogP contribution in [0.15, 0.2) is 29.6 Å². The third kappa shape index (κ3) is 3.85. The van der Waals surface area contributed by atoms with Crippen molar-refractivity contribution in [3.63, 3.8) is 0 Å². The monoisotopic (exact) mass is 428 g/mol. The minimum absolute atomic E-state index is 0.0313. The third-order valence-corrected chi connectivity index (χ3v) is 5.06. The van der Waals surface area contributed by atoms with Gasteiger partial charge in [-0.15, -0.1) is 11.8 Å². The Morgan fingerprint density at radius 2 is 2.00 bits per heavy atom. The molecule has 0 unspecified atom stereocenters. The van der Waals surface area contributed by atoms with Crippen LogP contribution in [0.2, 0.25) is 5.02 Å². The lowest BCUT2D eigenvalue weighted by molar-refractivity contribution is -0.135. The van der Waals surface area contributed by atoms with E-state index < -0.39 is 35.8 Å². The number of thioether (sulfide) groups is 1. The minimum Gasteiger partial charge on any atom is -0.507 e. The minimum atomic E-state index is -1.26. The van der Waals surface area contributed by atoms with Crippen LogP contribution in [0.3, 0.4) is 0 Å². The van der Waals surface area contributed by atoms with E-state index in [1.165, 1.54) is 10.6 Å². The Hall–Kier alpha value is -2.92. The van der Waals surface area contributed by atoms with Crippen molar-refractivity contribution in [3.8, 4) is 5.75 Å². The predicted octanol–water partition coefficient (Wildman–Crippen LogP) is 2.47. The zero-order valence-corrected chi connectivity index (χ0v) is 15.4. The van der Waals surface area contributed by atoms with Gasteiger partial charge in [-0.2, -0.15) is 5.10 Å². The highest BCUT2D eigenvalue weighted by molar-refractivity contribution is 7.98. The van der Waals surface area contributed by atoms with Crippen molar-refractivity contribution in [2.24, 2.45) is 0 Å². The van der Waals surface area contributed by atoms with Gasteiger partial charge in [-0.05, 0) is 12.1 Å². The van der Waals surface area contributed by atoms with Crippen LogP contribution in [0.4, 0.5) is 8.78 Å². The van der Waals surface area contributed by atoms with Gasteiger partial charge in [-0.25, -0.2) is 18.3 Å². The summed E-state index contributed by atoms with van der Waals surface area (Å²) in [6.07, 6.45) is 1.13. The molecule has 1 amide bonds. The van der Waals surface area contributed by atoms with Crippen molar-refractivity contribution in [2.75, 3.05) is 6.54 Å². The summed E-state index contributed by atoms with van der Waals surface area (Å²) < 4.78 is 28.7. The first-order valence-corrected chi connectivity index (χ1v) is 8.96. The Kier molecular flexibility index (Phi) is 5.66. The Balaban J connectivity index is 1.93. The van der Waals surface area contributed by atoms with E-state index >= 15 is 0 Å². The average Bonchev–Trinajstić information content (AvgIpc) is 3.12. The van der Waals surface area contributed by atoms with Gasteiger partial charge in [0.1, 0.15) is 40.8 Å². The average molecular weight is 429 g/mol. The number of carbonyl (C=O) groups excluding carboxylic acids is 1. The van der Waals surface area contributed by atoms with Gasteiger partial charge < -0.3 is 15.5 Å². The molecule has 8 nitrogen and oxygen atoms in total. The molecule has 0 saturated carbocycles. The van der Waals surface area contributed by atoms with Gasteiger partial charge in [0.25, 0.3) is 5.91 Å². The Morgan fingerprint density at radius 1 is 1.29 bits per heavy atom. The lowest BCUT2D eigenvalue weighted by Crippen LogP contribution is -2.29. The number of aromatic nitrogens is 3. The van der Waals surface area contributed by atoms with Crippen LogP contribution in [0.5, 0.6) is 5.75 Å². The van der Waals surface area contributed by atoms with Gasteiger partial charge in [0.2, 0.25) is 0 Å². The summed E-state index contributed by atoms with van der Waals surface area (Å²) in [7, 11) is 0. The van der Waals surface area contributed by atoms with Crippen molar-refractivity contribution in [3.05, 3.63) is 52.3 Å². The van der Waals surface area contributed by atoms with Crippen LogP contribution in [0.1, 0.15) is 15.9 Å². The van der Waals surface area contributed by atoms with E-state index in [9.17, 15) is 23.5 Å². The summed E-state index contributed by atoms with van der Waals surface area (Å²) in [5.41, 5.74) is -0.364. The smallest absolute Gasteiger partial charge is 0.322 e. The van der Waals surface area contributed by atoms with Crippen molar-refractivity contribution >= 4 is 40.9 Å². The number of aliphatic carboxylic acids is 1. The summed E-state index contributed by atoms with van der Waals surface area (Å²) in [6, 6.07) is 3.06. The molecule has 0 spiro atoms. The standard InChI is InChI=1S/C16H11ClF2N4O4S/c17-14-7(8(18)1-2-9(14)19)5-28-11-3-10(24)13(15-21-6-22-23(11)15)16(27)20-4-12(25)26/h1-3,6,24H,4-5H2,(H,20,27)(H,25,26). The quantitative estimate of drug-likeness (QED) is 0.408. The molecular weight excluding hydrogens is 418 g/mol. The molecule has 1 aromatic carbocycles. The molecule has 3 aromatic rings. The van der Waals surface area contributed by atoms with Crippen molar-refractivity contribution < 1.29 is 28.6 Å². The molecule has 0 atom stereocenters. The molecule has 0 saturated heterocycles. The number of hydrogen-bond donors (Lipinski definition) is 3. The van der Waals surface area contributed by atoms with Gasteiger partial charge in [0.15, 0.2) is 5.65 Å². The molecule has 146 valence electrons. The Morgan fingerprint density at radius 3 is 2.71 bits per heavy atom. The van der Waals surface area contributed by atoms with Crippen LogP contribution in [0, 0.1) is 11.6 Å². The number of carboxylic acids is 1. The SMILES string of the molecule is O=C(O)CNC(=O)c1c(O)cc(SCc2c(F)ccc(F)c2Cl)n2ncnc12. The number of rotatable bonds is 6. The topological polar surface area (TPSA) is 117 Å². The fraction of sp³-hybridized carbons (Fsp3) is 0.125. The molecule has 28 heavy (non-hydrogen) atoms. The third-order valence-electron chi connectivity index (χ3n) is 3.63. The van der Waals surface area contributed by atoms with Crippen LogP contribution in [-0.4, -0.2) is 43.2 Å². The number of fused-ring (bicyclic) bond motifs is 1. The maximum atomic E-state index is 13.9. The lowest BCUT2D eigenvalue weighted by atomic mass is 10.2. The maximum absolute atomic E-state index is 13.9. The first-order chi connectivity index (χ1) is 13.3. The van der Waals surface area contributed by atoms with Crippen LogP contribution >= 0.6 is 23.4 Å². The van der Waals surface area contributed by atoms with Crippen LogP contribution in [0.25, 0.3) is 5.65 Å². The highest BCUT2D eigenvalue weighted by atomic mass is 35.5. The second-order valence-electron chi connectivity index (χ2n) is 5.43. The molecule has 0 radical (unpaired) electrons. The first-order valence-electron chi connectivity index (χ1n) is 7.60. The van der Waals surface area contributed by atoms with E-state index in [1.54, 1.807) is 0 Å². The highest BCUT2D eigenvalue weighted by Crippen LogP contribution is 2.33. The number of aromatic hydroxyl groups is 1. The summed E-state index contributed by atoms with van der Waals surface area (Å²) in [6.45, 7) is -0.646. The predicted molar refractivity (Wildman–Crippen MR) is 95.5 cm³/mol. The van der Waals surface area contributed by atoms with E-state index in [0.29, 0.717) is 0 Å². The first kappa shape index (κ1) is 19.8. The number of carbonyl (C=O) groups is 2. The van der Waals surface area contributed by atoms with Gasteiger partial charge in [-0.3, -0.25) is 9.59 Å². The van der Waals surface area contributed by atoms with E-state index in [4.69, 9.17) is 16.7 Å². The largest absolute Gasteiger partial charge is 0.507 e. The zero-order chi connectivity index (χ0) is 20.4. The zero-order valence-electron chi connectivity index (χ0n) is 13.8. The molecule has 2 aromatic heterocycles. The van der Waals surface area contributed by atoms with Gasteiger partial charge in [0.05, 0.1) is 5.02 Å². The number of pyridine rings is 1. The molecular formula is C16H11ClF2N4O4S. The van der Waals surface area contributed by atoms with Crippen LogP contribution < -0.4 is 5.32 Å². The van der Waals surface area contributed by atoms with E-state index in [1.807, 2.05) is 0 Å². The van der Waals surface area contributed by atoms with Crippen molar-refractivity contribution in [1.82, 2.24) is 19.9 Å². The van der Waals surface area contributed by atoms with E-state index in [0.717, 1.165) is 30.2 Å². The molecule has 3 N–H and O–H groups in total. The number of halogens is 3. The van der Waals surface area contributed by atoms with Crippen LogP contribution in [-0.2, 0) is 10.5 Å². The maximum Gasteiger partial charge on any atom is 0.322 e. The second kappa shape index (κ2) is 7.98. The molecule has 3 rings (SSSR count). The summed E-state index contributed by atoms with van der Waals surface area (Å²) in [5.74, 6) is -4.13. The van der Waals surface area contributed by atoms with Gasteiger partial charge in [-0.1, -0.05) is 11.6 Å². The molecule has 0 aliphatic carbocycles. The summed E-state index contributed by atoms with van der Waals surface area (Å²) in [4.78, 5) is 26.7. The van der Waals surface area contributed by atoms with E-state index in [2.05, 4.69) is 15.4 Å². The molecule has 12 heteroatoms. The number of benzene rings is 1. The summed E-state index contributed by atoms with van der Waals surface area (Å²) in [5, 5.41) is 24.9. The molecule has 0 bridgehead atoms. The molecule has 0 fully saturated rings. The van der Waals surface area contributed by atoms with E-state index in [-0.39, 0.29) is 32.6 Å². The molecule has 0 aliphatic rings. The number of nitrogens with one attached hydrogen (secondary N) is 1. The van der Waals surface area contributed by atoms with Crippen molar-refractivity contribution in [1.29, 1.82) is 0 Å². The Labute approximate surface area is 165 Å². The molecule has 2 heterocycles. The number of carboxylic acid groups (broad SMARTS) is 1.